The SMILES string of the molecule is CCOc1ccccc1C(=O)Nc1ccc(C(=O)OC)c(N)c1. The van der Waals surface area contributed by atoms with E-state index in [1.54, 1.807) is 30.3 Å². The van der Waals surface area contributed by atoms with E-state index in [1.807, 2.05) is 6.92 Å². The molecule has 6 nitrogen and oxygen atoms in total. The molecule has 0 bridgehead atoms. The number of hydrogen-bond acceptors (Lipinski definition) is 5. The third-order valence-electron chi connectivity index (χ3n) is 3.15. The van der Waals surface area contributed by atoms with E-state index in [2.05, 4.69) is 10.1 Å². The van der Waals surface area contributed by atoms with Crippen LogP contribution in [0.5, 0.6) is 5.75 Å². The number of amides is 1. The van der Waals surface area contributed by atoms with Crippen LogP contribution in [0.2, 0.25) is 0 Å². The number of methoxy groups -OCH3 is 1. The summed E-state index contributed by atoms with van der Waals surface area (Å²) >= 11 is 0. The van der Waals surface area contributed by atoms with Gasteiger partial charge in [-0.2, -0.15) is 0 Å². The quantitative estimate of drug-likeness (QED) is 0.654. The zero-order chi connectivity index (χ0) is 16.8. The first kappa shape index (κ1) is 16.4. The van der Waals surface area contributed by atoms with Gasteiger partial charge >= 0.3 is 5.97 Å². The van der Waals surface area contributed by atoms with E-state index >= 15 is 0 Å². The average molecular weight is 314 g/mol. The molecular formula is C17H18N2O4. The van der Waals surface area contributed by atoms with Gasteiger partial charge in [0.25, 0.3) is 5.91 Å². The van der Waals surface area contributed by atoms with E-state index in [1.165, 1.54) is 19.2 Å². The van der Waals surface area contributed by atoms with Gasteiger partial charge < -0.3 is 20.5 Å². The summed E-state index contributed by atoms with van der Waals surface area (Å²) in [7, 11) is 1.28. The van der Waals surface area contributed by atoms with Crippen LogP contribution in [-0.4, -0.2) is 25.6 Å². The van der Waals surface area contributed by atoms with Gasteiger partial charge in [0.05, 0.1) is 24.8 Å². The summed E-state index contributed by atoms with van der Waals surface area (Å²) in [5.74, 6) is -0.340. The van der Waals surface area contributed by atoms with Crippen molar-refractivity contribution in [2.24, 2.45) is 0 Å². The van der Waals surface area contributed by atoms with Gasteiger partial charge in [0, 0.05) is 11.4 Å². The minimum Gasteiger partial charge on any atom is -0.493 e. The number of nitrogens with two attached hydrogens (primary N) is 1. The smallest absolute Gasteiger partial charge is 0.339 e. The lowest BCUT2D eigenvalue weighted by Crippen LogP contribution is -2.14. The summed E-state index contributed by atoms with van der Waals surface area (Å²) in [6.45, 7) is 2.31. The lowest BCUT2D eigenvalue weighted by Gasteiger charge is -2.11. The molecule has 0 atom stereocenters. The Morgan fingerprint density at radius 3 is 2.52 bits per heavy atom. The van der Waals surface area contributed by atoms with E-state index in [0.29, 0.717) is 23.6 Å². The lowest BCUT2D eigenvalue weighted by atomic mass is 10.1. The van der Waals surface area contributed by atoms with Crippen molar-refractivity contribution in [3.05, 3.63) is 53.6 Å². The highest BCUT2D eigenvalue weighted by Crippen LogP contribution is 2.22. The predicted octanol–water partition coefficient (Wildman–Crippen LogP) is 2.71. The Bertz CT molecular complexity index is 728. The van der Waals surface area contributed by atoms with Crippen LogP contribution in [0.4, 0.5) is 11.4 Å². The number of ether oxygens (including phenoxy) is 2. The van der Waals surface area contributed by atoms with Crippen LogP contribution in [0.1, 0.15) is 27.6 Å². The monoisotopic (exact) mass is 314 g/mol. The van der Waals surface area contributed by atoms with Crippen LogP contribution < -0.4 is 15.8 Å². The van der Waals surface area contributed by atoms with Crippen molar-refractivity contribution in [2.45, 2.75) is 6.92 Å². The first-order chi connectivity index (χ1) is 11.1. The molecule has 2 rings (SSSR count). The third kappa shape index (κ3) is 3.79. The molecule has 0 aliphatic carbocycles. The lowest BCUT2D eigenvalue weighted by molar-refractivity contribution is 0.0602. The second kappa shape index (κ2) is 7.31. The van der Waals surface area contributed by atoms with Crippen molar-refractivity contribution in [1.82, 2.24) is 0 Å². The van der Waals surface area contributed by atoms with E-state index in [9.17, 15) is 9.59 Å². The van der Waals surface area contributed by atoms with Crippen LogP contribution in [0.15, 0.2) is 42.5 Å². The fraction of sp³-hybridized carbons (Fsp3) is 0.176. The molecule has 0 heterocycles. The normalized spacial score (nSPS) is 10.0. The van der Waals surface area contributed by atoms with Gasteiger partial charge in [-0.15, -0.1) is 0 Å². The van der Waals surface area contributed by atoms with Gasteiger partial charge in [0.2, 0.25) is 0 Å². The molecule has 6 heteroatoms. The molecule has 0 saturated heterocycles. The van der Waals surface area contributed by atoms with Crippen LogP contribution in [0.25, 0.3) is 0 Å². The third-order valence-corrected chi connectivity index (χ3v) is 3.15. The molecule has 3 N–H and O–H groups in total. The Labute approximate surface area is 134 Å². The Kier molecular flexibility index (Phi) is 5.19. The molecule has 0 unspecified atom stereocenters. The summed E-state index contributed by atoms with van der Waals surface area (Å²) in [6, 6.07) is 11.6. The average Bonchev–Trinajstić information content (AvgIpc) is 2.55. The molecule has 120 valence electrons. The predicted molar refractivity (Wildman–Crippen MR) is 87.8 cm³/mol. The second-order valence-corrected chi connectivity index (χ2v) is 4.68. The Balaban J connectivity index is 2.21. The fourth-order valence-electron chi connectivity index (χ4n) is 2.07. The maximum atomic E-state index is 12.4. The molecule has 0 radical (unpaired) electrons. The van der Waals surface area contributed by atoms with Crippen molar-refractivity contribution < 1.29 is 19.1 Å². The number of nitrogen functional groups attached to an aromatic ring is 1. The summed E-state index contributed by atoms with van der Waals surface area (Å²) in [6.07, 6.45) is 0. The number of rotatable bonds is 5. The fourth-order valence-corrected chi connectivity index (χ4v) is 2.07. The molecule has 0 fully saturated rings. The number of carbonyl (C=O) groups is 2. The van der Waals surface area contributed by atoms with Gasteiger partial charge in [-0.25, -0.2) is 4.79 Å². The first-order valence-electron chi connectivity index (χ1n) is 7.07. The van der Waals surface area contributed by atoms with E-state index in [-0.39, 0.29) is 17.2 Å². The first-order valence-corrected chi connectivity index (χ1v) is 7.07. The van der Waals surface area contributed by atoms with Crippen LogP contribution in [0.3, 0.4) is 0 Å². The van der Waals surface area contributed by atoms with Crippen molar-refractivity contribution in [1.29, 1.82) is 0 Å². The summed E-state index contributed by atoms with van der Waals surface area (Å²) in [5.41, 5.74) is 7.19. The molecular weight excluding hydrogens is 296 g/mol. The zero-order valence-corrected chi connectivity index (χ0v) is 13.0. The van der Waals surface area contributed by atoms with E-state index < -0.39 is 5.97 Å². The van der Waals surface area contributed by atoms with E-state index in [0.717, 1.165) is 0 Å². The Morgan fingerprint density at radius 1 is 1.13 bits per heavy atom. The minimum absolute atomic E-state index is 0.229. The number of carbonyl (C=O) groups excluding carboxylic acids is 2. The van der Waals surface area contributed by atoms with Crippen molar-refractivity contribution in [2.75, 3.05) is 24.8 Å². The zero-order valence-electron chi connectivity index (χ0n) is 13.0. The molecule has 1 amide bonds. The number of esters is 1. The second-order valence-electron chi connectivity index (χ2n) is 4.68. The molecule has 0 spiro atoms. The molecule has 0 aliphatic heterocycles. The highest BCUT2D eigenvalue weighted by atomic mass is 16.5. The highest BCUT2D eigenvalue weighted by molar-refractivity contribution is 6.07. The Hall–Kier alpha value is -3.02. The topological polar surface area (TPSA) is 90.6 Å². The maximum absolute atomic E-state index is 12.4. The summed E-state index contributed by atoms with van der Waals surface area (Å²) < 4.78 is 10.1. The standard InChI is InChI=1S/C17H18N2O4/c1-3-23-15-7-5-4-6-13(15)16(20)19-11-8-9-12(14(18)10-11)17(21)22-2/h4-10H,3,18H2,1-2H3,(H,19,20). The van der Waals surface area contributed by atoms with Crippen molar-refractivity contribution in [3.63, 3.8) is 0 Å². The van der Waals surface area contributed by atoms with Crippen LogP contribution in [0, 0.1) is 0 Å². The number of benzene rings is 2. The van der Waals surface area contributed by atoms with Crippen LogP contribution >= 0.6 is 0 Å². The number of hydrogen-bond donors (Lipinski definition) is 2. The summed E-state index contributed by atoms with van der Waals surface area (Å²) in [5, 5.41) is 2.73. The molecule has 2 aromatic rings. The van der Waals surface area contributed by atoms with Gasteiger partial charge in [-0.1, -0.05) is 12.1 Å². The highest BCUT2D eigenvalue weighted by Gasteiger charge is 2.14. The molecule has 2 aromatic carbocycles. The Morgan fingerprint density at radius 2 is 1.87 bits per heavy atom. The molecule has 0 saturated carbocycles. The summed E-state index contributed by atoms with van der Waals surface area (Å²) in [4.78, 5) is 23.9. The van der Waals surface area contributed by atoms with Gasteiger partial charge in [-0.05, 0) is 37.3 Å². The number of nitrogens with one attached hydrogen (secondary N) is 1. The molecule has 0 aliphatic rings. The molecule has 0 aromatic heterocycles. The van der Waals surface area contributed by atoms with Gasteiger partial charge in [0.15, 0.2) is 0 Å². The van der Waals surface area contributed by atoms with Crippen molar-refractivity contribution >= 4 is 23.3 Å². The van der Waals surface area contributed by atoms with Crippen molar-refractivity contribution in [3.8, 4) is 5.75 Å². The van der Waals surface area contributed by atoms with Gasteiger partial charge in [0.1, 0.15) is 5.75 Å². The number of para-hydroxylation sites is 1. The van der Waals surface area contributed by atoms with Crippen LogP contribution in [-0.2, 0) is 4.74 Å². The van der Waals surface area contributed by atoms with E-state index in [4.69, 9.17) is 10.5 Å². The maximum Gasteiger partial charge on any atom is 0.339 e. The molecule has 23 heavy (non-hydrogen) atoms. The minimum atomic E-state index is -0.526. The number of anilines is 2. The van der Waals surface area contributed by atoms with Gasteiger partial charge in [-0.3, -0.25) is 4.79 Å². The largest absolute Gasteiger partial charge is 0.493 e.